The lowest BCUT2D eigenvalue weighted by atomic mass is 9.88. The summed E-state index contributed by atoms with van der Waals surface area (Å²) in [6, 6.07) is 9.24. The quantitative estimate of drug-likeness (QED) is 0.902. The van der Waals surface area contributed by atoms with Crippen molar-refractivity contribution < 1.29 is 4.79 Å². The van der Waals surface area contributed by atoms with Gasteiger partial charge in [-0.2, -0.15) is 0 Å². The maximum atomic E-state index is 12.3. The van der Waals surface area contributed by atoms with Gasteiger partial charge in [0.2, 0.25) is 5.91 Å². The fraction of sp³-hybridized carbons (Fsp3) is 0.611. The molecule has 1 N–H and O–H groups in total. The molecule has 0 aliphatic heterocycles. The molecule has 21 heavy (non-hydrogen) atoms. The SMILES string of the molecule is C[C@H](C1CC1)N(C)CC(=O)N[C@@H]1CCCc2ccccc21. The topological polar surface area (TPSA) is 32.3 Å². The van der Waals surface area contributed by atoms with Crippen LogP contribution in [0.4, 0.5) is 0 Å². The molecular weight excluding hydrogens is 260 g/mol. The van der Waals surface area contributed by atoms with E-state index >= 15 is 0 Å². The molecule has 2 atom stereocenters. The van der Waals surface area contributed by atoms with E-state index in [0.29, 0.717) is 12.6 Å². The third-order valence-corrected chi connectivity index (χ3v) is 5.10. The highest BCUT2D eigenvalue weighted by Crippen LogP contribution is 2.34. The van der Waals surface area contributed by atoms with Crippen molar-refractivity contribution in [2.24, 2.45) is 5.92 Å². The number of fused-ring (bicyclic) bond motifs is 1. The Labute approximate surface area is 127 Å². The third kappa shape index (κ3) is 3.46. The standard InChI is InChI=1S/C18H26N2O/c1-13(14-10-11-14)20(2)12-18(21)19-17-9-5-7-15-6-3-4-8-16(15)17/h3-4,6,8,13-14,17H,5,7,9-12H2,1-2H3,(H,19,21)/t13-,17-/m1/s1. The number of rotatable bonds is 5. The highest BCUT2D eigenvalue weighted by molar-refractivity contribution is 5.78. The molecule has 0 saturated heterocycles. The summed E-state index contributed by atoms with van der Waals surface area (Å²) in [7, 11) is 2.07. The van der Waals surface area contributed by atoms with Crippen LogP contribution in [0.1, 0.15) is 49.8 Å². The van der Waals surface area contributed by atoms with E-state index < -0.39 is 0 Å². The molecule has 3 nitrogen and oxygen atoms in total. The molecule has 1 saturated carbocycles. The van der Waals surface area contributed by atoms with Gasteiger partial charge in [0.05, 0.1) is 12.6 Å². The molecular formula is C18H26N2O. The van der Waals surface area contributed by atoms with Gasteiger partial charge in [-0.3, -0.25) is 9.69 Å². The molecule has 0 radical (unpaired) electrons. The van der Waals surface area contributed by atoms with Crippen LogP contribution in [0.3, 0.4) is 0 Å². The fourth-order valence-corrected chi connectivity index (χ4v) is 3.45. The first-order chi connectivity index (χ1) is 10.1. The highest BCUT2D eigenvalue weighted by Gasteiger charge is 2.31. The number of aryl methyl sites for hydroxylation is 1. The maximum absolute atomic E-state index is 12.3. The monoisotopic (exact) mass is 286 g/mol. The van der Waals surface area contributed by atoms with Crippen LogP contribution in [0.15, 0.2) is 24.3 Å². The first-order valence-corrected chi connectivity index (χ1v) is 8.22. The van der Waals surface area contributed by atoms with Crippen molar-refractivity contribution in [2.75, 3.05) is 13.6 Å². The smallest absolute Gasteiger partial charge is 0.234 e. The van der Waals surface area contributed by atoms with Crippen LogP contribution in [-0.4, -0.2) is 30.4 Å². The fourth-order valence-electron chi connectivity index (χ4n) is 3.45. The van der Waals surface area contributed by atoms with E-state index in [1.807, 2.05) is 0 Å². The zero-order valence-electron chi connectivity index (χ0n) is 13.1. The first kappa shape index (κ1) is 14.6. The van der Waals surface area contributed by atoms with Crippen LogP contribution >= 0.6 is 0 Å². The molecule has 1 aromatic rings. The molecule has 1 fully saturated rings. The molecule has 2 aliphatic carbocycles. The lowest BCUT2D eigenvalue weighted by Crippen LogP contribution is -2.42. The average Bonchev–Trinajstić information content (AvgIpc) is 3.31. The lowest BCUT2D eigenvalue weighted by molar-refractivity contribution is -0.123. The summed E-state index contributed by atoms with van der Waals surface area (Å²) in [4.78, 5) is 14.5. The van der Waals surface area contributed by atoms with E-state index in [2.05, 4.69) is 48.5 Å². The van der Waals surface area contributed by atoms with Crippen molar-refractivity contribution in [1.29, 1.82) is 0 Å². The molecule has 1 aromatic carbocycles. The second-order valence-electron chi connectivity index (χ2n) is 6.70. The zero-order valence-corrected chi connectivity index (χ0v) is 13.1. The van der Waals surface area contributed by atoms with Crippen molar-refractivity contribution in [3.8, 4) is 0 Å². The van der Waals surface area contributed by atoms with E-state index in [9.17, 15) is 4.79 Å². The minimum absolute atomic E-state index is 0.159. The summed E-state index contributed by atoms with van der Waals surface area (Å²) in [5.74, 6) is 0.963. The van der Waals surface area contributed by atoms with Crippen LogP contribution in [0.5, 0.6) is 0 Å². The van der Waals surface area contributed by atoms with Crippen LogP contribution in [0.2, 0.25) is 0 Å². The molecule has 1 amide bonds. The van der Waals surface area contributed by atoms with Gasteiger partial charge >= 0.3 is 0 Å². The molecule has 0 heterocycles. The number of nitrogens with one attached hydrogen (secondary N) is 1. The summed E-state index contributed by atoms with van der Waals surface area (Å²) in [5.41, 5.74) is 2.71. The van der Waals surface area contributed by atoms with E-state index in [1.165, 1.54) is 24.0 Å². The predicted octanol–water partition coefficient (Wildman–Crippen LogP) is 2.91. The Bertz CT molecular complexity index is 510. The van der Waals surface area contributed by atoms with Gasteiger partial charge in [-0.1, -0.05) is 24.3 Å². The summed E-state index contributed by atoms with van der Waals surface area (Å²) in [5, 5.41) is 3.24. The Balaban J connectivity index is 1.58. The second kappa shape index (κ2) is 6.18. The van der Waals surface area contributed by atoms with Crippen molar-refractivity contribution in [1.82, 2.24) is 10.2 Å². The van der Waals surface area contributed by atoms with Gasteiger partial charge in [0, 0.05) is 6.04 Å². The minimum atomic E-state index is 0.159. The predicted molar refractivity (Wildman–Crippen MR) is 85.1 cm³/mol. The van der Waals surface area contributed by atoms with Crippen molar-refractivity contribution >= 4 is 5.91 Å². The Morgan fingerprint density at radius 3 is 2.86 bits per heavy atom. The molecule has 2 aliphatic rings. The van der Waals surface area contributed by atoms with Crippen molar-refractivity contribution in [2.45, 2.75) is 51.1 Å². The van der Waals surface area contributed by atoms with Gasteiger partial charge in [0.25, 0.3) is 0 Å². The molecule has 0 bridgehead atoms. The largest absolute Gasteiger partial charge is 0.348 e. The normalized spacial score (nSPS) is 22.7. The number of likely N-dealkylation sites (N-methyl/N-ethyl adjacent to an activating group) is 1. The van der Waals surface area contributed by atoms with E-state index in [1.54, 1.807) is 0 Å². The number of amides is 1. The first-order valence-electron chi connectivity index (χ1n) is 8.22. The van der Waals surface area contributed by atoms with Crippen LogP contribution in [0.25, 0.3) is 0 Å². The molecule has 0 unspecified atom stereocenters. The molecule has 3 heteroatoms. The van der Waals surface area contributed by atoms with Gasteiger partial charge in [-0.15, -0.1) is 0 Å². The van der Waals surface area contributed by atoms with Gasteiger partial charge < -0.3 is 5.32 Å². The molecule has 3 rings (SSSR count). The Morgan fingerprint density at radius 1 is 1.33 bits per heavy atom. The van der Waals surface area contributed by atoms with Gasteiger partial charge in [0.1, 0.15) is 0 Å². The number of hydrogen-bond acceptors (Lipinski definition) is 2. The van der Waals surface area contributed by atoms with Crippen molar-refractivity contribution in [3.05, 3.63) is 35.4 Å². The highest BCUT2D eigenvalue weighted by atomic mass is 16.2. The van der Waals surface area contributed by atoms with Crippen LogP contribution in [0, 0.1) is 5.92 Å². The minimum Gasteiger partial charge on any atom is -0.348 e. The summed E-state index contributed by atoms with van der Waals surface area (Å²) in [6.07, 6.45) is 6.01. The average molecular weight is 286 g/mol. The summed E-state index contributed by atoms with van der Waals surface area (Å²) >= 11 is 0. The zero-order chi connectivity index (χ0) is 14.8. The summed E-state index contributed by atoms with van der Waals surface area (Å²) < 4.78 is 0. The molecule has 114 valence electrons. The number of nitrogens with zero attached hydrogens (tertiary/aromatic N) is 1. The van der Waals surface area contributed by atoms with Crippen LogP contribution < -0.4 is 5.32 Å². The van der Waals surface area contributed by atoms with Crippen molar-refractivity contribution in [3.63, 3.8) is 0 Å². The van der Waals surface area contributed by atoms with Gasteiger partial charge in [-0.25, -0.2) is 0 Å². The Kier molecular flexibility index (Phi) is 4.29. The molecule has 0 aromatic heterocycles. The van der Waals surface area contributed by atoms with E-state index in [-0.39, 0.29) is 11.9 Å². The Morgan fingerprint density at radius 2 is 2.10 bits per heavy atom. The Hall–Kier alpha value is -1.35. The number of carbonyl (C=O) groups excluding carboxylic acids is 1. The lowest BCUT2D eigenvalue weighted by Gasteiger charge is -2.28. The number of hydrogen-bond donors (Lipinski definition) is 1. The van der Waals surface area contributed by atoms with E-state index in [4.69, 9.17) is 0 Å². The second-order valence-corrected chi connectivity index (χ2v) is 6.70. The number of carbonyl (C=O) groups is 1. The maximum Gasteiger partial charge on any atom is 0.234 e. The summed E-state index contributed by atoms with van der Waals surface area (Å²) in [6.45, 7) is 2.75. The van der Waals surface area contributed by atoms with Crippen LogP contribution in [-0.2, 0) is 11.2 Å². The number of benzene rings is 1. The molecule has 0 spiro atoms. The van der Waals surface area contributed by atoms with Gasteiger partial charge in [-0.05, 0) is 63.1 Å². The van der Waals surface area contributed by atoms with E-state index in [0.717, 1.165) is 25.2 Å². The van der Waals surface area contributed by atoms with Gasteiger partial charge in [0.15, 0.2) is 0 Å². The third-order valence-electron chi connectivity index (χ3n) is 5.10.